The first-order chi connectivity index (χ1) is 9.27. The molecule has 0 aliphatic carbocycles. The number of nitrogens with two attached hydrogens (primary N) is 2. The largest absolute Gasteiger partial charge is 0.492 e. The van der Waals surface area contributed by atoms with Crippen LogP contribution in [0.5, 0.6) is 5.75 Å². The third kappa shape index (κ3) is 3.79. The van der Waals surface area contributed by atoms with E-state index in [1.165, 1.54) is 11.3 Å². The van der Waals surface area contributed by atoms with E-state index in [4.69, 9.17) is 16.2 Å². The Kier molecular flexibility index (Phi) is 5.68. The number of nitrogens with zero attached hydrogens (tertiary/aromatic N) is 1. The lowest BCUT2D eigenvalue weighted by Gasteiger charge is -2.27. The van der Waals surface area contributed by atoms with Crippen molar-refractivity contribution < 1.29 is 9.53 Å². The van der Waals surface area contributed by atoms with Crippen molar-refractivity contribution in [3.05, 3.63) is 4.88 Å². The summed E-state index contributed by atoms with van der Waals surface area (Å²) in [5, 5.41) is 0.890. The fourth-order valence-corrected chi connectivity index (χ4v) is 3.19. The van der Waals surface area contributed by atoms with E-state index < -0.39 is 5.91 Å². The number of thiophene rings is 1. The van der Waals surface area contributed by atoms with Crippen molar-refractivity contribution in [1.29, 1.82) is 0 Å². The SMILES string of the molecule is COc1c(N(CC(C)C)CC(C)C)sc(C(N)=O)c1N. The first-order valence-corrected chi connectivity index (χ1v) is 7.60. The van der Waals surface area contributed by atoms with Gasteiger partial charge in [0.15, 0.2) is 5.75 Å². The van der Waals surface area contributed by atoms with Crippen LogP contribution in [0.2, 0.25) is 0 Å². The highest BCUT2D eigenvalue weighted by molar-refractivity contribution is 7.19. The van der Waals surface area contributed by atoms with Gasteiger partial charge in [-0.15, -0.1) is 11.3 Å². The quantitative estimate of drug-likeness (QED) is 0.810. The maximum absolute atomic E-state index is 11.4. The van der Waals surface area contributed by atoms with Crippen LogP contribution in [0.15, 0.2) is 0 Å². The van der Waals surface area contributed by atoms with E-state index in [2.05, 4.69) is 32.6 Å². The van der Waals surface area contributed by atoms with Crippen LogP contribution in [-0.4, -0.2) is 26.1 Å². The molecule has 6 heteroatoms. The van der Waals surface area contributed by atoms with Gasteiger partial charge in [0.1, 0.15) is 15.6 Å². The molecule has 1 aromatic rings. The second-order valence-electron chi connectivity index (χ2n) is 5.74. The molecular formula is C14H25N3O2S. The van der Waals surface area contributed by atoms with E-state index in [1.54, 1.807) is 7.11 Å². The summed E-state index contributed by atoms with van der Waals surface area (Å²) in [5.41, 5.74) is 11.7. The van der Waals surface area contributed by atoms with Gasteiger partial charge in [-0.25, -0.2) is 0 Å². The number of amides is 1. The smallest absolute Gasteiger partial charge is 0.261 e. The molecule has 0 radical (unpaired) electrons. The van der Waals surface area contributed by atoms with Crippen molar-refractivity contribution in [2.75, 3.05) is 30.8 Å². The number of methoxy groups -OCH3 is 1. The molecule has 0 aromatic carbocycles. The zero-order chi connectivity index (χ0) is 15.4. The van der Waals surface area contributed by atoms with Crippen LogP contribution in [0.4, 0.5) is 10.7 Å². The predicted molar refractivity (Wildman–Crippen MR) is 85.7 cm³/mol. The van der Waals surface area contributed by atoms with E-state index in [9.17, 15) is 4.79 Å². The Bertz CT molecular complexity index is 459. The summed E-state index contributed by atoms with van der Waals surface area (Å²) >= 11 is 1.31. The normalized spacial score (nSPS) is 11.2. The van der Waals surface area contributed by atoms with Gasteiger partial charge in [-0.05, 0) is 11.8 Å². The lowest BCUT2D eigenvalue weighted by atomic mass is 10.1. The van der Waals surface area contributed by atoms with Gasteiger partial charge in [0.05, 0.1) is 7.11 Å². The monoisotopic (exact) mass is 299 g/mol. The maximum atomic E-state index is 11.4. The van der Waals surface area contributed by atoms with E-state index >= 15 is 0 Å². The van der Waals surface area contributed by atoms with Gasteiger partial charge in [0.25, 0.3) is 5.91 Å². The van der Waals surface area contributed by atoms with Crippen molar-refractivity contribution in [2.24, 2.45) is 17.6 Å². The molecule has 0 fully saturated rings. The molecule has 1 rings (SSSR count). The number of rotatable bonds is 7. The zero-order valence-corrected chi connectivity index (χ0v) is 13.7. The number of anilines is 2. The maximum Gasteiger partial charge on any atom is 0.261 e. The van der Waals surface area contributed by atoms with Crippen molar-refractivity contribution in [3.8, 4) is 5.75 Å². The minimum absolute atomic E-state index is 0.345. The predicted octanol–water partition coefficient (Wildman–Crippen LogP) is 2.56. The average molecular weight is 299 g/mol. The standard InChI is InChI=1S/C14H25N3O2S/c1-8(2)6-17(7-9(3)4)14-11(19-5)10(15)12(20-14)13(16)18/h8-9H,6-7,15H2,1-5H3,(H2,16,18). The Morgan fingerprint density at radius 2 is 1.75 bits per heavy atom. The summed E-state index contributed by atoms with van der Waals surface area (Å²) in [5.74, 6) is 1.05. The molecule has 4 N–H and O–H groups in total. The summed E-state index contributed by atoms with van der Waals surface area (Å²) in [6.07, 6.45) is 0. The van der Waals surface area contributed by atoms with Crippen LogP contribution in [-0.2, 0) is 0 Å². The van der Waals surface area contributed by atoms with Crippen LogP contribution in [0.1, 0.15) is 37.4 Å². The number of hydrogen-bond donors (Lipinski definition) is 2. The summed E-state index contributed by atoms with van der Waals surface area (Å²) < 4.78 is 5.39. The third-order valence-electron chi connectivity index (χ3n) is 2.77. The molecule has 0 atom stereocenters. The van der Waals surface area contributed by atoms with Gasteiger partial charge < -0.3 is 21.1 Å². The van der Waals surface area contributed by atoms with Crippen LogP contribution < -0.4 is 21.1 Å². The van der Waals surface area contributed by atoms with Crippen LogP contribution >= 0.6 is 11.3 Å². The summed E-state index contributed by atoms with van der Waals surface area (Å²) in [6.45, 7) is 10.4. The number of primary amides is 1. The van der Waals surface area contributed by atoms with E-state index in [0.29, 0.717) is 28.1 Å². The minimum Gasteiger partial charge on any atom is -0.492 e. The lowest BCUT2D eigenvalue weighted by molar-refractivity contribution is 0.100. The first-order valence-electron chi connectivity index (χ1n) is 6.78. The fourth-order valence-electron chi connectivity index (χ4n) is 2.13. The fraction of sp³-hybridized carbons (Fsp3) is 0.643. The minimum atomic E-state index is -0.508. The molecular weight excluding hydrogens is 274 g/mol. The van der Waals surface area contributed by atoms with Gasteiger partial charge >= 0.3 is 0 Å². The first kappa shape index (κ1) is 16.6. The highest BCUT2D eigenvalue weighted by Crippen LogP contribution is 2.44. The summed E-state index contributed by atoms with van der Waals surface area (Å²) in [7, 11) is 1.57. The van der Waals surface area contributed by atoms with Gasteiger partial charge in [-0.1, -0.05) is 27.7 Å². The number of ether oxygens (including phenoxy) is 1. The Morgan fingerprint density at radius 3 is 2.10 bits per heavy atom. The molecule has 0 saturated heterocycles. The van der Waals surface area contributed by atoms with Crippen molar-refractivity contribution in [2.45, 2.75) is 27.7 Å². The number of carbonyl (C=O) groups is 1. The van der Waals surface area contributed by atoms with Crippen LogP contribution in [0.3, 0.4) is 0 Å². The molecule has 1 aromatic heterocycles. The third-order valence-corrected chi connectivity index (χ3v) is 4.03. The van der Waals surface area contributed by atoms with Crippen molar-refractivity contribution in [1.82, 2.24) is 0 Å². The highest BCUT2D eigenvalue weighted by atomic mass is 32.1. The topological polar surface area (TPSA) is 81.6 Å². The molecule has 20 heavy (non-hydrogen) atoms. The molecule has 0 spiro atoms. The molecule has 5 nitrogen and oxygen atoms in total. The molecule has 1 heterocycles. The van der Waals surface area contributed by atoms with Gasteiger partial charge in [-0.2, -0.15) is 0 Å². The Labute approximate surface area is 124 Å². The molecule has 1 amide bonds. The lowest BCUT2D eigenvalue weighted by Crippen LogP contribution is -2.30. The Balaban J connectivity index is 3.24. The van der Waals surface area contributed by atoms with Gasteiger partial charge in [0, 0.05) is 13.1 Å². The van der Waals surface area contributed by atoms with E-state index in [-0.39, 0.29) is 0 Å². The van der Waals surface area contributed by atoms with E-state index in [1.807, 2.05) is 0 Å². The molecule has 0 aliphatic heterocycles. The summed E-state index contributed by atoms with van der Waals surface area (Å²) in [4.78, 5) is 14.0. The van der Waals surface area contributed by atoms with Crippen LogP contribution in [0.25, 0.3) is 0 Å². The van der Waals surface area contributed by atoms with Crippen molar-refractivity contribution in [3.63, 3.8) is 0 Å². The Hall–Kier alpha value is -1.43. The highest BCUT2D eigenvalue weighted by Gasteiger charge is 2.24. The molecule has 0 bridgehead atoms. The molecule has 0 saturated carbocycles. The Morgan fingerprint density at radius 1 is 1.25 bits per heavy atom. The molecule has 0 aliphatic rings. The molecule has 114 valence electrons. The second kappa shape index (κ2) is 6.83. The van der Waals surface area contributed by atoms with Crippen LogP contribution in [0, 0.1) is 11.8 Å². The molecule has 0 unspecified atom stereocenters. The average Bonchev–Trinajstić information content (AvgIpc) is 2.64. The second-order valence-corrected chi connectivity index (χ2v) is 6.74. The van der Waals surface area contributed by atoms with Crippen molar-refractivity contribution >= 4 is 27.9 Å². The number of hydrogen-bond acceptors (Lipinski definition) is 5. The summed E-state index contributed by atoms with van der Waals surface area (Å²) in [6, 6.07) is 0. The van der Waals surface area contributed by atoms with Gasteiger partial charge in [0.2, 0.25) is 0 Å². The number of nitrogen functional groups attached to an aromatic ring is 1. The zero-order valence-electron chi connectivity index (χ0n) is 12.9. The van der Waals surface area contributed by atoms with Gasteiger partial charge in [-0.3, -0.25) is 4.79 Å². The number of carbonyl (C=O) groups excluding carboxylic acids is 1. The van der Waals surface area contributed by atoms with E-state index in [0.717, 1.165) is 18.1 Å².